The number of nitrogens with one attached hydrogen (secondary N) is 1. The third-order valence-corrected chi connectivity index (χ3v) is 3.37. The van der Waals surface area contributed by atoms with Crippen molar-refractivity contribution in [3.05, 3.63) is 35.9 Å². The number of hydrogen-bond acceptors (Lipinski definition) is 2. The van der Waals surface area contributed by atoms with Crippen molar-refractivity contribution in [1.29, 1.82) is 0 Å². The topological polar surface area (TPSA) is 46.2 Å². The normalized spacial score (nSPS) is 16.1. The summed E-state index contributed by atoms with van der Waals surface area (Å²) in [6.07, 6.45) is 2.83. The molecule has 0 aromatic heterocycles. The summed E-state index contributed by atoms with van der Waals surface area (Å²) in [4.78, 5) is 23.4. The average Bonchev–Trinajstić information content (AvgIpc) is 3.14. The van der Waals surface area contributed by atoms with Gasteiger partial charge >= 0.3 is 0 Å². The van der Waals surface area contributed by atoms with Gasteiger partial charge in [-0.3, -0.25) is 9.59 Å². The van der Waals surface area contributed by atoms with Crippen LogP contribution < -0.4 is 5.32 Å². The first-order chi connectivity index (χ1) is 8.68. The summed E-state index contributed by atoms with van der Waals surface area (Å²) in [5.41, 5.74) is 1.20. The lowest BCUT2D eigenvalue weighted by Gasteiger charge is -2.13. The second-order valence-electron chi connectivity index (χ2n) is 4.95. The Bertz CT molecular complexity index is 423. The Morgan fingerprint density at radius 2 is 1.94 bits per heavy atom. The lowest BCUT2D eigenvalue weighted by molar-refractivity contribution is -0.133. The zero-order valence-electron chi connectivity index (χ0n) is 10.7. The highest BCUT2D eigenvalue weighted by atomic mass is 16.2. The van der Waals surface area contributed by atoms with Crippen LogP contribution in [-0.4, -0.2) is 18.2 Å². The molecule has 1 atom stereocenters. The van der Waals surface area contributed by atoms with Crippen LogP contribution in [0.1, 0.15) is 25.3 Å². The Balaban J connectivity index is 1.79. The van der Waals surface area contributed by atoms with Crippen molar-refractivity contribution in [1.82, 2.24) is 5.32 Å². The van der Waals surface area contributed by atoms with Crippen LogP contribution in [0.15, 0.2) is 30.3 Å². The third-order valence-electron chi connectivity index (χ3n) is 3.37. The van der Waals surface area contributed by atoms with Gasteiger partial charge in [0.1, 0.15) is 5.78 Å². The number of benzene rings is 1. The van der Waals surface area contributed by atoms with Gasteiger partial charge in [0.15, 0.2) is 0 Å². The molecule has 96 valence electrons. The molecule has 0 bridgehead atoms. The van der Waals surface area contributed by atoms with Gasteiger partial charge in [0.25, 0.3) is 0 Å². The van der Waals surface area contributed by atoms with Crippen molar-refractivity contribution in [2.24, 2.45) is 11.8 Å². The van der Waals surface area contributed by atoms with Crippen LogP contribution in [0, 0.1) is 11.8 Å². The Kier molecular flexibility index (Phi) is 4.13. The summed E-state index contributed by atoms with van der Waals surface area (Å²) in [5.74, 6) is -0.226. The largest absolute Gasteiger partial charge is 0.355 e. The molecule has 0 aliphatic heterocycles. The second-order valence-corrected chi connectivity index (χ2v) is 4.95. The average molecular weight is 245 g/mol. The van der Waals surface area contributed by atoms with Gasteiger partial charge in [0.05, 0.1) is 5.92 Å². The fourth-order valence-electron chi connectivity index (χ4n) is 2.24. The standard InChI is InChI=1S/C15H19NO2/c1-11(17)14(13-7-8-13)15(18)16-10-9-12-5-3-2-4-6-12/h2-6,13-14H,7-10H2,1H3,(H,16,18)/t14-/m0/s1. The Labute approximate surface area is 108 Å². The van der Waals surface area contributed by atoms with Gasteiger partial charge in [-0.05, 0) is 37.7 Å². The highest BCUT2D eigenvalue weighted by molar-refractivity contribution is 6.00. The van der Waals surface area contributed by atoms with Crippen LogP contribution >= 0.6 is 0 Å². The van der Waals surface area contributed by atoms with Crippen LogP contribution in [0.25, 0.3) is 0 Å². The van der Waals surface area contributed by atoms with Crippen molar-refractivity contribution in [2.45, 2.75) is 26.2 Å². The first-order valence-corrected chi connectivity index (χ1v) is 6.50. The summed E-state index contributed by atoms with van der Waals surface area (Å²) in [6.45, 7) is 2.11. The molecule has 3 heteroatoms. The number of carbonyl (C=O) groups is 2. The van der Waals surface area contributed by atoms with Gasteiger partial charge < -0.3 is 5.32 Å². The summed E-state index contributed by atoms with van der Waals surface area (Å²) in [6, 6.07) is 10.0. The molecule has 0 unspecified atom stereocenters. The maximum Gasteiger partial charge on any atom is 0.230 e. The molecule has 1 aromatic rings. The quantitative estimate of drug-likeness (QED) is 0.779. The van der Waals surface area contributed by atoms with E-state index in [-0.39, 0.29) is 11.7 Å². The van der Waals surface area contributed by atoms with Gasteiger partial charge in [0.2, 0.25) is 5.91 Å². The molecule has 1 saturated carbocycles. The van der Waals surface area contributed by atoms with Gasteiger partial charge in [-0.2, -0.15) is 0 Å². The van der Waals surface area contributed by atoms with Gasteiger partial charge in [0, 0.05) is 6.54 Å². The monoisotopic (exact) mass is 245 g/mol. The third kappa shape index (κ3) is 3.42. The van der Waals surface area contributed by atoms with E-state index in [0.29, 0.717) is 12.5 Å². The molecule has 0 heterocycles. The number of rotatable bonds is 6. The van der Waals surface area contributed by atoms with Crippen LogP contribution in [0.3, 0.4) is 0 Å². The summed E-state index contributed by atoms with van der Waals surface area (Å²) < 4.78 is 0. The summed E-state index contributed by atoms with van der Waals surface area (Å²) >= 11 is 0. The van der Waals surface area contributed by atoms with Gasteiger partial charge in [-0.1, -0.05) is 30.3 Å². The Morgan fingerprint density at radius 3 is 2.50 bits per heavy atom. The SMILES string of the molecule is CC(=O)[C@H](C(=O)NCCc1ccccc1)C1CC1. The number of ketones is 1. The zero-order valence-corrected chi connectivity index (χ0v) is 10.7. The highest BCUT2D eigenvalue weighted by Gasteiger charge is 2.38. The molecule has 3 nitrogen and oxygen atoms in total. The molecule has 18 heavy (non-hydrogen) atoms. The molecule has 1 aliphatic rings. The molecule has 0 radical (unpaired) electrons. The molecule has 2 rings (SSSR count). The molecular weight excluding hydrogens is 226 g/mol. The Morgan fingerprint density at radius 1 is 1.28 bits per heavy atom. The smallest absolute Gasteiger partial charge is 0.230 e. The number of carbonyl (C=O) groups excluding carboxylic acids is 2. The number of Topliss-reactive ketones (excluding diaryl/α,β-unsaturated/α-hetero) is 1. The molecule has 1 fully saturated rings. The van der Waals surface area contributed by atoms with Crippen molar-refractivity contribution in [2.75, 3.05) is 6.54 Å². The minimum atomic E-state index is -0.416. The zero-order chi connectivity index (χ0) is 13.0. The molecule has 1 amide bonds. The van der Waals surface area contributed by atoms with E-state index in [1.165, 1.54) is 12.5 Å². The molecule has 1 aliphatic carbocycles. The van der Waals surface area contributed by atoms with E-state index < -0.39 is 5.92 Å². The summed E-state index contributed by atoms with van der Waals surface area (Å²) in [7, 11) is 0. The van der Waals surface area contributed by atoms with Crippen molar-refractivity contribution >= 4 is 11.7 Å². The maximum atomic E-state index is 11.9. The molecule has 0 spiro atoms. The van der Waals surface area contributed by atoms with Crippen molar-refractivity contribution < 1.29 is 9.59 Å². The number of amides is 1. The maximum absolute atomic E-state index is 11.9. The molecule has 1 N–H and O–H groups in total. The van der Waals surface area contributed by atoms with E-state index in [1.807, 2.05) is 30.3 Å². The van der Waals surface area contributed by atoms with E-state index >= 15 is 0 Å². The van der Waals surface area contributed by atoms with E-state index in [9.17, 15) is 9.59 Å². The van der Waals surface area contributed by atoms with Gasteiger partial charge in [-0.15, -0.1) is 0 Å². The van der Waals surface area contributed by atoms with Crippen molar-refractivity contribution in [3.63, 3.8) is 0 Å². The fraction of sp³-hybridized carbons (Fsp3) is 0.467. The predicted octanol–water partition coefficient (Wildman–Crippen LogP) is 1.96. The van der Waals surface area contributed by atoms with Crippen LogP contribution in [-0.2, 0) is 16.0 Å². The van der Waals surface area contributed by atoms with E-state index in [2.05, 4.69) is 5.32 Å². The van der Waals surface area contributed by atoms with E-state index in [4.69, 9.17) is 0 Å². The van der Waals surface area contributed by atoms with Crippen LogP contribution in [0.2, 0.25) is 0 Å². The van der Waals surface area contributed by atoms with Crippen LogP contribution in [0.4, 0.5) is 0 Å². The first kappa shape index (κ1) is 12.8. The highest BCUT2D eigenvalue weighted by Crippen LogP contribution is 2.37. The van der Waals surface area contributed by atoms with Crippen molar-refractivity contribution in [3.8, 4) is 0 Å². The lowest BCUT2D eigenvalue weighted by atomic mass is 9.98. The molecule has 1 aromatic carbocycles. The Hall–Kier alpha value is -1.64. The van der Waals surface area contributed by atoms with Crippen LogP contribution in [0.5, 0.6) is 0 Å². The fourth-order valence-corrected chi connectivity index (χ4v) is 2.24. The van der Waals surface area contributed by atoms with E-state index in [1.54, 1.807) is 0 Å². The predicted molar refractivity (Wildman–Crippen MR) is 70.1 cm³/mol. The van der Waals surface area contributed by atoms with E-state index in [0.717, 1.165) is 19.3 Å². The number of hydrogen-bond donors (Lipinski definition) is 1. The van der Waals surface area contributed by atoms with Gasteiger partial charge in [-0.25, -0.2) is 0 Å². The minimum absolute atomic E-state index is 0.00490. The lowest BCUT2D eigenvalue weighted by Crippen LogP contribution is -2.36. The molecular formula is C15H19NO2. The summed E-state index contributed by atoms with van der Waals surface area (Å²) in [5, 5.41) is 2.87. The second kappa shape index (κ2) is 5.80. The molecule has 0 saturated heterocycles. The minimum Gasteiger partial charge on any atom is -0.355 e. The first-order valence-electron chi connectivity index (χ1n) is 6.50.